The van der Waals surface area contributed by atoms with Crippen LogP contribution in [-0.2, 0) is 14.4 Å². The van der Waals surface area contributed by atoms with Gasteiger partial charge in [0, 0.05) is 29.4 Å². The van der Waals surface area contributed by atoms with Crippen molar-refractivity contribution in [3.8, 4) is 17.2 Å². The summed E-state index contributed by atoms with van der Waals surface area (Å²) in [6.07, 6.45) is 4.18. The van der Waals surface area contributed by atoms with Gasteiger partial charge in [-0.05, 0) is 75.5 Å². The maximum atomic E-state index is 13.9. The molecular formula is C36H44Cl2N8O5. The Balaban J connectivity index is 0.00000583. The third kappa shape index (κ3) is 9.15. The average Bonchev–Trinajstić information content (AvgIpc) is 3.58. The fraction of sp³-hybridized carbons (Fsp3) is 0.389. The molecule has 3 heterocycles. The van der Waals surface area contributed by atoms with Crippen LogP contribution in [0.1, 0.15) is 46.2 Å². The van der Waals surface area contributed by atoms with Crippen LogP contribution in [-0.4, -0.2) is 76.4 Å². The van der Waals surface area contributed by atoms with E-state index in [0.717, 1.165) is 5.69 Å². The van der Waals surface area contributed by atoms with Crippen molar-refractivity contribution in [3.05, 3.63) is 65.7 Å². The Kier molecular flexibility index (Phi) is 12.7. The summed E-state index contributed by atoms with van der Waals surface area (Å²) in [4.78, 5) is 55.2. The minimum absolute atomic E-state index is 0. The van der Waals surface area contributed by atoms with Crippen LogP contribution in [0.3, 0.4) is 0 Å². The molecule has 4 aromatic rings. The molecule has 5 rings (SSSR count). The van der Waals surface area contributed by atoms with Crippen LogP contribution < -0.4 is 30.7 Å². The third-order valence-corrected chi connectivity index (χ3v) is 8.88. The van der Waals surface area contributed by atoms with Gasteiger partial charge in [0.05, 0.1) is 35.6 Å². The molecule has 272 valence electrons. The molecule has 0 aliphatic carbocycles. The summed E-state index contributed by atoms with van der Waals surface area (Å²) in [5.41, 5.74) is 1.90. The SMILES string of the molecule is CN[C@@H](C)C(=O)N[C@H](C(=O)N1CCCC1C(=O)Nc1cc2c(Nc3ccc(Oc4ccc(C)nc4)c(Cl)c3)ncnc2cc1OC)C(C)(C)C.Cl. The van der Waals surface area contributed by atoms with E-state index in [1.807, 2.05) is 39.8 Å². The molecule has 0 bridgehead atoms. The van der Waals surface area contributed by atoms with E-state index in [-0.39, 0.29) is 30.1 Å². The normalized spacial score (nSPS) is 15.4. The summed E-state index contributed by atoms with van der Waals surface area (Å²) in [5, 5.41) is 13.0. The highest BCUT2D eigenvalue weighted by Gasteiger charge is 2.42. The zero-order chi connectivity index (χ0) is 36.2. The van der Waals surface area contributed by atoms with Crippen molar-refractivity contribution in [3.63, 3.8) is 0 Å². The standard InChI is InChI=1S/C36H43ClN8O5.ClH/c1-20-10-12-23(18-39-20)50-29-13-11-22(15-25(29)37)42-32-24-16-27(30(49-7)17-26(24)40-19-41-32)43-34(47)28-9-8-14-45(28)35(48)31(36(3,4)5)44-33(46)21(2)38-6;/h10-13,15-19,21,28,31,38H,8-9,14H2,1-7H3,(H,43,47)(H,44,46)(H,40,41,42);1H/t21-,28?,31+;/m0./s1. The maximum Gasteiger partial charge on any atom is 0.247 e. The van der Waals surface area contributed by atoms with Gasteiger partial charge < -0.3 is 35.6 Å². The van der Waals surface area contributed by atoms with E-state index in [0.29, 0.717) is 69.8 Å². The third-order valence-electron chi connectivity index (χ3n) is 8.59. The second kappa shape index (κ2) is 16.5. The molecule has 0 saturated carbocycles. The monoisotopic (exact) mass is 738 g/mol. The number of anilines is 3. The van der Waals surface area contributed by atoms with Crippen molar-refractivity contribution < 1.29 is 23.9 Å². The minimum atomic E-state index is -0.825. The number of rotatable bonds is 11. The summed E-state index contributed by atoms with van der Waals surface area (Å²) < 4.78 is 11.5. The molecule has 1 aliphatic heterocycles. The summed E-state index contributed by atoms with van der Waals surface area (Å²) in [6.45, 7) is 9.67. The van der Waals surface area contributed by atoms with E-state index in [9.17, 15) is 14.4 Å². The summed E-state index contributed by atoms with van der Waals surface area (Å²) in [6, 6.07) is 10.3. The Bertz CT molecular complexity index is 1890. The molecule has 2 aromatic carbocycles. The Labute approximate surface area is 308 Å². The fourth-order valence-electron chi connectivity index (χ4n) is 5.62. The number of nitrogens with one attached hydrogen (secondary N) is 4. The van der Waals surface area contributed by atoms with Crippen LogP contribution >= 0.6 is 24.0 Å². The second-order valence-corrected chi connectivity index (χ2v) is 13.7. The fourth-order valence-corrected chi connectivity index (χ4v) is 5.84. The van der Waals surface area contributed by atoms with Gasteiger partial charge in [-0.1, -0.05) is 32.4 Å². The molecule has 1 fully saturated rings. The zero-order valence-electron chi connectivity index (χ0n) is 29.7. The first-order valence-corrected chi connectivity index (χ1v) is 16.8. The molecule has 1 unspecified atom stereocenters. The highest BCUT2D eigenvalue weighted by Crippen LogP contribution is 2.36. The van der Waals surface area contributed by atoms with Gasteiger partial charge in [-0.25, -0.2) is 9.97 Å². The Morgan fingerprint density at radius 3 is 2.45 bits per heavy atom. The number of methoxy groups -OCH3 is 1. The number of likely N-dealkylation sites (tertiary alicyclic amines) is 1. The number of aryl methyl sites for hydroxylation is 1. The highest BCUT2D eigenvalue weighted by atomic mass is 35.5. The summed E-state index contributed by atoms with van der Waals surface area (Å²) >= 11 is 6.57. The van der Waals surface area contributed by atoms with Gasteiger partial charge in [-0.2, -0.15) is 0 Å². The Morgan fingerprint density at radius 2 is 1.80 bits per heavy atom. The molecule has 0 radical (unpaired) electrons. The predicted octanol–water partition coefficient (Wildman–Crippen LogP) is 6.02. The molecule has 4 N–H and O–H groups in total. The number of pyridine rings is 1. The number of likely N-dealkylation sites (N-methyl/N-ethyl adjacent to an activating group) is 1. The minimum Gasteiger partial charge on any atom is -0.494 e. The van der Waals surface area contributed by atoms with Crippen molar-refractivity contribution in [2.45, 2.75) is 65.6 Å². The lowest BCUT2D eigenvalue weighted by atomic mass is 9.85. The number of halogens is 2. The van der Waals surface area contributed by atoms with Gasteiger partial charge in [0.1, 0.15) is 41.5 Å². The lowest BCUT2D eigenvalue weighted by molar-refractivity contribution is -0.143. The van der Waals surface area contributed by atoms with Gasteiger partial charge in [0.15, 0.2) is 0 Å². The quantitative estimate of drug-likeness (QED) is 0.143. The van der Waals surface area contributed by atoms with Gasteiger partial charge in [-0.15, -0.1) is 12.4 Å². The van der Waals surface area contributed by atoms with Crippen molar-refractivity contribution in [1.82, 2.24) is 30.5 Å². The summed E-state index contributed by atoms with van der Waals surface area (Å²) in [7, 11) is 3.18. The average molecular weight is 740 g/mol. The van der Waals surface area contributed by atoms with Crippen LogP contribution in [0.15, 0.2) is 55.0 Å². The van der Waals surface area contributed by atoms with E-state index in [1.54, 1.807) is 55.4 Å². The molecule has 2 aromatic heterocycles. The smallest absolute Gasteiger partial charge is 0.247 e. The number of hydrogen-bond acceptors (Lipinski definition) is 10. The number of aromatic nitrogens is 3. The van der Waals surface area contributed by atoms with Crippen LogP contribution in [0.4, 0.5) is 17.2 Å². The van der Waals surface area contributed by atoms with Crippen molar-refractivity contribution in [2.24, 2.45) is 5.41 Å². The number of amides is 3. The van der Waals surface area contributed by atoms with Crippen LogP contribution in [0.5, 0.6) is 17.2 Å². The van der Waals surface area contributed by atoms with Crippen molar-refractivity contribution >= 4 is 69.8 Å². The number of benzene rings is 2. The van der Waals surface area contributed by atoms with E-state index >= 15 is 0 Å². The molecule has 3 atom stereocenters. The van der Waals surface area contributed by atoms with E-state index in [4.69, 9.17) is 21.1 Å². The van der Waals surface area contributed by atoms with Gasteiger partial charge >= 0.3 is 0 Å². The van der Waals surface area contributed by atoms with Gasteiger partial charge in [0.25, 0.3) is 0 Å². The molecule has 51 heavy (non-hydrogen) atoms. The number of carbonyl (C=O) groups is 3. The second-order valence-electron chi connectivity index (χ2n) is 13.3. The zero-order valence-corrected chi connectivity index (χ0v) is 31.2. The molecule has 15 heteroatoms. The molecular weight excluding hydrogens is 695 g/mol. The maximum absolute atomic E-state index is 13.9. The molecule has 1 saturated heterocycles. The van der Waals surface area contributed by atoms with E-state index < -0.39 is 23.5 Å². The molecule has 1 aliphatic rings. The number of hydrogen-bond donors (Lipinski definition) is 4. The number of carbonyl (C=O) groups excluding carboxylic acids is 3. The number of fused-ring (bicyclic) bond motifs is 1. The lowest BCUT2D eigenvalue weighted by Gasteiger charge is -2.36. The van der Waals surface area contributed by atoms with Crippen molar-refractivity contribution in [2.75, 3.05) is 31.3 Å². The molecule has 0 spiro atoms. The first-order valence-electron chi connectivity index (χ1n) is 16.4. The lowest BCUT2D eigenvalue weighted by Crippen LogP contribution is -2.59. The number of nitrogens with zero attached hydrogens (tertiary/aromatic N) is 4. The van der Waals surface area contributed by atoms with Crippen molar-refractivity contribution in [1.29, 1.82) is 0 Å². The highest BCUT2D eigenvalue weighted by molar-refractivity contribution is 6.32. The van der Waals surface area contributed by atoms with E-state index in [1.165, 1.54) is 13.4 Å². The van der Waals surface area contributed by atoms with Crippen LogP contribution in [0.25, 0.3) is 10.9 Å². The Hall–Kier alpha value is -4.72. The van der Waals surface area contributed by atoms with Gasteiger partial charge in [-0.3, -0.25) is 19.4 Å². The molecule has 3 amide bonds. The van der Waals surface area contributed by atoms with E-state index in [2.05, 4.69) is 36.2 Å². The summed E-state index contributed by atoms with van der Waals surface area (Å²) in [5.74, 6) is 0.929. The largest absolute Gasteiger partial charge is 0.494 e. The van der Waals surface area contributed by atoms with Crippen LogP contribution in [0, 0.1) is 12.3 Å². The Morgan fingerprint density at radius 1 is 1.04 bits per heavy atom. The predicted molar refractivity (Wildman–Crippen MR) is 200 cm³/mol. The topological polar surface area (TPSA) is 160 Å². The first-order chi connectivity index (χ1) is 23.8. The number of ether oxygens (including phenoxy) is 2. The molecule has 13 nitrogen and oxygen atoms in total. The van der Waals surface area contributed by atoms with Gasteiger partial charge in [0.2, 0.25) is 17.7 Å². The first kappa shape index (κ1) is 39.1. The van der Waals surface area contributed by atoms with Crippen LogP contribution in [0.2, 0.25) is 5.02 Å².